The average Bonchev–Trinajstić information content (AvgIpc) is 2.85. The molecular weight excluding hydrogens is 383 g/mol. The number of fused-ring (bicyclic) bond motifs is 1. The normalized spacial score (nSPS) is 17.0. The van der Waals surface area contributed by atoms with Gasteiger partial charge in [-0.3, -0.25) is 0 Å². The van der Waals surface area contributed by atoms with Gasteiger partial charge in [0.2, 0.25) is 0 Å². The topological polar surface area (TPSA) is 50.2 Å². The zero-order valence-electron chi connectivity index (χ0n) is 12.3. The first kappa shape index (κ1) is 17.5. The van der Waals surface area contributed by atoms with Gasteiger partial charge in [0, 0.05) is 0 Å². The molecule has 0 saturated heterocycles. The number of benzene rings is 1. The minimum atomic E-state index is 0. The van der Waals surface area contributed by atoms with E-state index in [4.69, 9.17) is 17.0 Å². The Morgan fingerprint density at radius 3 is 3.09 bits per heavy atom. The average molecular weight is 403 g/mol. The van der Waals surface area contributed by atoms with Crippen molar-refractivity contribution < 1.29 is 9.84 Å². The summed E-state index contributed by atoms with van der Waals surface area (Å²) in [5.74, 6) is 1.15. The van der Waals surface area contributed by atoms with Crippen LogP contribution in [0.5, 0.6) is 11.5 Å². The van der Waals surface area contributed by atoms with Crippen molar-refractivity contribution in [3.05, 3.63) is 40.4 Å². The fourth-order valence-corrected chi connectivity index (χ4v) is 4.18. The van der Waals surface area contributed by atoms with Gasteiger partial charge in [0.05, 0.1) is 0 Å². The number of phenolic OH excluding ortho intramolecular Hbond substituents is 1. The smallest absolute Gasteiger partial charge is 0.147 e. The number of hydrogen-bond acceptors (Lipinski definition) is 3. The van der Waals surface area contributed by atoms with Crippen molar-refractivity contribution in [3.8, 4) is 11.5 Å². The molecular formula is C15H20AsClN2O2S. The van der Waals surface area contributed by atoms with E-state index >= 15 is 0 Å². The van der Waals surface area contributed by atoms with Crippen LogP contribution in [0.2, 0.25) is 10.9 Å². The Morgan fingerprint density at radius 1 is 1.50 bits per heavy atom. The summed E-state index contributed by atoms with van der Waals surface area (Å²) in [5.41, 5.74) is 4.63. The van der Waals surface area contributed by atoms with Crippen LogP contribution < -0.4 is 4.74 Å². The minimum absolute atomic E-state index is 0. The quantitative estimate of drug-likeness (QED) is 0.609. The van der Waals surface area contributed by atoms with Gasteiger partial charge in [0.1, 0.15) is 0 Å². The van der Waals surface area contributed by atoms with Gasteiger partial charge in [-0.1, -0.05) is 0 Å². The third-order valence-electron chi connectivity index (χ3n) is 3.82. The number of halogens is 1. The Hall–Kier alpha value is -0.902. The van der Waals surface area contributed by atoms with Gasteiger partial charge in [-0.15, -0.1) is 12.4 Å². The number of H-pyrrole nitrogens is 1. The summed E-state index contributed by atoms with van der Waals surface area (Å²) >= 11 is 5.61. The van der Waals surface area contributed by atoms with Crippen molar-refractivity contribution in [2.24, 2.45) is 0 Å². The predicted molar refractivity (Wildman–Crippen MR) is 94.7 cm³/mol. The molecule has 1 aliphatic heterocycles. The zero-order valence-corrected chi connectivity index (χ0v) is 16.1. The summed E-state index contributed by atoms with van der Waals surface area (Å²) in [6, 6.07) is 5.48. The third kappa shape index (κ3) is 3.53. The molecule has 1 aromatic carbocycles. The van der Waals surface area contributed by atoms with Gasteiger partial charge in [0.25, 0.3) is 0 Å². The standard InChI is InChI=1S/C15H19AsN2O2S.ClH/c1-16-5-4-11-8-17-15(21)18(11)12-6-10-7-13(19)2-3-14(10)20-9-12;/h2-3,7-8,12,16,19H,4-6,9H2,1H3,(H,17,21);1H/t12-;/m1./s1. The molecule has 1 aromatic heterocycles. The van der Waals surface area contributed by atoms with Gasteiger partial charge in [-0.05, 0) is 0 Å². The van der Waals surface area contributed by atoms with Crippen LogP contribution in [0.15, 0.2) is 24.4 Å². The van der Waals surface area contributed by atoms with Crippen molar-refractivity contribution in [1.29, 1.82) is 0 Å². The van der Waals surface area contributed by atoms with Crippen LogP contribution in [0.3, 0.4) is 0 Å². The minimum Gasteiger partial charge on any atom is -0.147 e. The van der Waals surface area contributed by atoms with Crippen LogP contribution in [0.4, 0.5) is 0 Å². The van der Waals surface area contributed by atoms with E-state index in [1.54, 1.807) is 12.1 Å². The van der Waals surface area contributed by atoms with Crippen LogP contribution in [0, 0.1) is 4.77 Å². The molecule has 0 spiro atoms. The molecule has 0 amide bonds. The number of aromatic amines is 1. The van der Waals surface area contributed by atoms with Crippen molar-refractivity contribution in [1.82, 2.24) is 9.55 Å². The number of rotatable bonds is 4. The van der Waals surface area contributed by atoms with Crippen LogP contribution >= 0.6 is 24.6 Å². The molecule has 2 atom stereocenters. The van der Waals surface area contributed by atoms with Crippen molar-refractivity contribution in [3.63, 3.8) is 0 Å². The van der Waals surface area contributed by atoms with Crippen molar-refractivity contribution in [2.45, 2.75) is 29.8 Å². The summed E-state index contributed by atoms with van der Waals surface area (Å²) < 4.78 is 8.81. The first-order chi connectivity index (χ1) is 10.2. The molecule has 0 bridgehead atoms. The summed E-state index contributed by atoms with van der Waals surface area (Å²) in [6.07, 6.45) is 3.94. The number of aryl methyl sites for hydroxylation is 1. The van der Waals surface area contributed by atoms with Crippen molar-refractivity contribution >= 4 is 40.4 Å². The second-order valence-corrected chi connectivity index (χ2v) is 8.19. The largest absolute Gasteiger partial charge is 0.147 e. The number of nitrogens with zero attached hydrogens (tertiary/aromatic N) is 1. The summed E-state index contributed by atoms with van der Waals surface area (Å²) in [7, 11) is 0. The molecule has 0 saturated carbocycles. The van der Waals surface area contributed by atoms with Gasteiger partial charge in [-0.25, -0.2) is 0 Å². The van der Waals surface area contributed by atoms with Gasteiger partial charge < -0.3 is 0 Å². The Balaban J connectivity index is 0.00000176. The molecule has 0 fully saturated rings. The molecule has 0 radical (unpaired) electrons. The maximum atomic E-state index is 9.65. The molecule has 22 heavy (non-hydrogen) atoms. The van der Waals surface area contributed by atoms with Crippen molar-refractivity contribution in [2.75, 3.05) is 6.61 Å². The van der Waals surface area contributed by atoms with E-state index in [0.29, 0.717) is 6.61 Å². The predicted octanol–water partition coefficient (Wildman–Crippen LogP) is 3.29. The number of imidazole rings is 1. The van der Waals surface area contributed by atoms with E-state index in [1.807, 2.05) is 12.3 Å². The number of nitrogens with one attached hydrogen (secondary N) is 1. The molecule has 3 rings (SSSR count). The maximum Gasteiger partial charge on any atom is -0.147 e. The molecule has 2 aromatic rings. The number of aromatic hydroxyl groups is 1. The first-order valence-corrected chi connectivity index (χ1v) is 11.1. The van der Waals surface area contributed by atoms with E-state index in [2.05, 4.69) is 15.3 Å². The Kier molecular flexibility index (Phi) is 6.01. The Morgan fingerprint density at radius 2 is 2.32 bits per heavy atom. The third-order valence-corrected chi connectivity index (χ3v) is 5.71. The number of phenols is 1. The van der Waals surface area contributed by atoms with Crippen LogP contribution in [-0.4, -0.2) is 37.0 Å². The number of hydrogen-bond donors (Lipinski definition) is 2. The Labute approximate surface area is 148 Å². The summed E-state index contributed by atoms with van der Waals surface area (Å²) in [4.78, 5) is 3.17. The maximum absolute atomic E-state index is 9.65. The molecule has 7 heteroatoms. The summed E-state index contributed by atoms with van der Waals surface area (Å²) in [6.45, 7) is 0.624. The number of ether oxygens (including phenoxy) is 1. The monoisotopic (exact) mass is 402 g/mol. The molecule has 0 aliphatic carbocycles. The second-order valence-electron chi connectivity index (χ2n) is 5.27. The number of aromatic nitrogens is 2. The molecule has 1 aliphatic rings. The molecule has 4 nitrogen and oxygen atoms in total. The Bertz CT molecular complexity index is 701. The van der Waals surface area contributed by atoms with E-state index in [1.165, 1.54) is 10.9 Å². The van der Waals surface area contributed by atoms with Crippen LogP contribution in [0.25, 0.3) is 0 Å². The van der Waals surface area contributed by atoms with E-state index < -0.39 is 0 Å². The van der Waals surface area contributed by atoms with E-state index in [-0.39, 0.29) is 40.0 Å². The van der Waals surface area contributed by atoms with Crippen LogP contribution in [0.1, 0.15) is 17.3 Å². The molecule has 2 heterocycles. The first-order valence-electron chi connectivity index (χ1n) is 7.07. The fraction of sp³-hybridized carbons (Fsp3) is 0.400. The molecule has 120 valence electrons. The zero-order chi connectivity index (χ0) is 14.8. The van der Waals surface area contributed by atoms with E-state index in [0.717, 1.165) is 28.9 Å². The van der Waals surface area contributed by atoms with E-state index in [9.17, 15) is 5.11 Å². The fourth-order valence-electron chi connectivity index (χ4n) is 2.79. The second kappa shape index (κ2) is 7.58. The van der Waals surface area contributed by atoms with Gasteiger partial charge >= 0.3 is 136 Å². The van der Waals surface area contributed by atoms with Crippen LogP contribution in [-0.2, 0) is 12.8 Å². The molecule has 1 unspecified atom stereocenters. The van der Waals surface area contributed by atoms with Gasteiger partial charge in [-0.2, -0.15) is 0 Å². The van der Waals surface area contributed by atoms with Gasteiger partial charge in [0.15, 0.2) is 0 Å². The SMILES string of the molecule is C[AsH]CCc1c[nH]c(=S)n1[C@H]1COc2ccc(O)cc2C1.Cl. The summed E-state index contributed by atoms with van der Waals surface area (Å²) in [5, 5.41) is 10.9. The molecule has 2 N–H and O–H groups in total.